The highest BCUT2D eigenvalue weighted by atomic mass is 32.2. The molecular weight excluding hydrogens is 266 g/mol. The molecule has 0 atom stereocenters. The molecule has 19 heavy (non-hydrogen) atoms. The molecule has 1 aromatic rings. The first-order chi connectivity index (χ1) is 9.05. The zero-order chi connectivity index (χ0) is 13.9. The fourth-order valence-corrected chi connectivity index (χ4v) is 3.35. The van der Waals surface area contributed by atoms with Crippen LogP contribution in [0.5, 0.6) is 5.75 Å². The van der Waals surface area contributed by atoms with E-state index in [9.17, 15) is 8.42 Å². The summed E-state index contributed by atoms with van der Waals surface area (Å²) in [5, 5.41) is 3.14. The van der Waals surface area contributed by atoms with Crippen LogP contribution in [0.2, 0.25) is 0 Å². The van der Waals surface area contributed by atoms with Gasteiger partial charge < -0.3 is 10.1 Å². The second-order valence-corrected chi connectivity index (χ2v) is 6.28. The van der Waals surface area contributed by atoms with Gasteiger partial charge in [0.2, 0.25) is 0 Å². The maximum absolute atomic E-state index is 12.4. The van der Waals surface area contributed by atoms with Crippen molar-refractivity contribution in [3.8, 4) is 5.75 Å². The zero-order valence-corrected chi connectivity index (χ0v) is 12.0. The predicted molar refractivity (Wildman–Crippen MR) is 74.8 cm³/mol. The van der Waals surface area contributed by atoms with Crippen molar-refractivity contribution in [2.75, 3.05) is 44.6 Å². The lowest BCUT2D eigenvalue weighted by atomic mass is 10.3. The Balaban J connectivity index is 2.18. The molecule has 1 aliphatic rings. The highest BCUT2D eigenvalue weighted by Gasteiger charge is 2.28. The Bertz CT molecular complexity index is 510. The summed E-state index contributed by atoms with van der Waals surface area (Å²) in [6, 6.07) is 6.97. The van der Waals surface area contributed by atoms with Crippen molar-refractivity contribution < 1.29 is 13.2 Å². The normalized spacial score (nSPS) is 17.2. The second-order valence-electron chi connectivity index (χ2n) is 4.32. The van der Waals surface area contributed by atoms with E-state index in [0.29, 0.717) is 37.6 Å². The number of benzene rings is 1. The molecule has 6 nitrogen and oxygen atoms in total. The van der Waals surface area contributed by atoms with Crippen LogP contribution in [0.15, 0.2) is 24.3 Å². The Morgan fingerprint density at radius 2 is 1.79 bits per heavy atom. The molecule has 0 saturated carbocycles. The molecule has 1 saturated heterocycles. The first kappa shape index (κ1) is 14.1. The molecule has 0 aliphatic carbocycles. The summed E-state index contributed by atoms with van der Waals surface area (Å²) in [6.07, 6.45) is 0. The quantitative estimate of drug-likeness (QED) is 0.863. The zero-order valence-electron chi connectivity index (χ0n) is 11.2. The van der Waals surface area contributed by atoms with Gasteiger partial charge in [0.25, 0.3) is 0 Å². The molecule has 1 heterocycles. The number of rotatable bonds is 4. The lowest BCUT2D eigenvalue weighted by Gasteiger charge is -2.31. The smallest absolute Gasteiger partial charge is 0.303 e. The van der Waals surface area contributed by atoms with E-state index in [1.165, 1.54) is 8.61 Å². The Morgan fingerprint density at radius 1 is 1.21 bits per heavy atom. The summed E-state index contributed by atoms with van der Waals surface area (Å²) in [5.74, 6) is 0.705. The fraction of sp³-hybridized carbons (Fsp3) is 0.500. The summed E-state index contributed by atoms with van der Waals surface area (Å²) in [6.45, 7) is 2.39. The van der Waals surface area contributed by atoms with Gasteiger partial charge in [-0.15, -0.1) is 0 Å². The number of ether oxygens (including phenoxy) is 1. The van der Waals surface area contributed by atoms with Crippen molar-refractivity contribution in [2.45, 2.75) is 0 Å². The van der Waals surface area contributed by atoms with Gasteiger partial charge in [-0.25, -0.2) is 0 Å². The maximum atomic E-state index is 12.4. The summed E-state index contributed by atoms with van der Waals surface area (Å²) < 4.78 is 32.7. The van der Waals surface area contributed by atoms with Gasteiger partial charge in [-0.1, -0.05) is 0 Å². The van der Waals surface area contributed by atoms with Crippen molar-refractivity contribution >= 4 is 15.9 Å². The van der Waals surface area contributed by atoms with E-state index >= 15 is 0 Å². The standard InChI is InChI=1S/C12H19N3O3S/c1-14(11-3-5-12(18-2)6-4-11)19(16,17)15-9-7-13-8-10-15/h3-6,13H,7-10H2,1-2H3. The van der Waals surface area contributed by atoms with Crippen molar-refractivity contribution in [2.24, 2.45) is 0 Å². The third-order valence-corrected chi connectivity index (χ3v) is 5.11. The van der Waals surface area contributed by atoms with E-state index in [2.05, 4.69) is 5.32 Å². The molecule has 2 rings (SSSR count). The van der Waals surface area contributed by atoms with Crippen molar-refractivity contribution in [3.05, 3.63) is 24.3 Å². The van der Waals surface area contributed by atoms with Crippen molar-refractivity contribution in [1.82, 2.24) is 9.62 Å². The number of piperazine rings is 1. The summed E-state index contributed by atoms with van der Waals surface area (Å²) >= 11 is 0. The number of nitrogens with one attached hydrogen (secondary N) is 1. The Labute approximate surface area is 114 Å². The van der Waals surface area contributed by atoms with Gasteiger partial charge >= 0.3 is 10.2 Å². The average Bonchev–Trinajstić information content (AvgIpc) is 2.47. The second kappa shape index (κ2) is 5.77. The molecule has 0 aromatic heterocycles. The molecule has 1 aromatic carbocycles. The molecular formula is C12H19N3O3S. The van der Waals surface area contributed by atoms with Crippen LogP contribution in [-0.2, 0) is 10.2 Å². The first-order valence-electron chi connectivity index (χ1n) is 6.14. The fourth-order valence-electron chi connectivity index (χ4n) is 1.97. The topological polar surface area (TPSA) is 61.9 Å². The van der Waals surface area contributed by atoms with Gasteiger partial charge in [0, 0.05) is 33.2 Å². The molecule has 7 heteroatoms. The minimum absolute atomic E-state index is 0.503. The number of methoxy groups -OCH3 is 1. The van der Waals surface area contributed by atoms with E-state index < -0.39 is 10.2 Å². The van der Waals surface area contributed by atoms with Gasteiger partial charge in [0.1, 0.15) is 5.75 Å². The van der Waals surface area contributed by atoms with Gasteiger partial charge in [0.05, 0.1) is 12.8 Å². The van der Waals surface area contributed by atoms with Crippen molar-refractivity contribution in [1.29, 1.82) is 0 Å². The molecule has 1 aliphatic heterocycles. The third kappa shape index (κ3) is 2.99. The summed E-state index contributed by atoms with van der Waals surface area (Å²) in [5.41, 5.74) is 0.624. The van der Waals surface area contributed by atoms with E-state index in [1.807, 2.05) is 0 Å². The van der Waals surface area contributed by atoms with E-state index in [4.69, 9.17) is 4.74 Å². The van der Waals surface area contributed by atoms with Gasteiger partial charge in [-0.3, -0.25) is 4.31 Å². The number of hydrogen-bond donors (Lipinski definition) is 1. The predicted octanol–water partition coefficient (Wildman–Crippen LogP) is 0.281. The molecule has 0 spiro atoms. The van der Waals surface area contributed by atoms with Crippen LogP contribution in [0, 0.1) is 0 Å². The summed E-state index contributed by atoms with van der Waals surface area (Å²) in [4.78, 5) is 0. The Morgan fingerprint density at radius 3 is 2.32 bits per heavy atom. The molecule has 0 amide bonds. The highest BCUT2D eigenvalue weighted by Crippen LogP contribution is 2.22. The van der Waals surface area contributed by atoms with E-state index in [1.54, 1.807) is 38.4 Å². The molecule has 106 valence electrons. The van der Waals surface area contributed by atoms with Crippen LogP contribution in [0.4, 0.5) is 5.69 Å². The first-order valence-corrected chi connectivity index (χ1v) is 7.54. The number of nitrogens with zero attached hydrogens (tertiary/aromatic N) is 2. The minimum Gasteiger partial charge on any atom is -0.497 e. The summed E-state index contributed by atoms with van der Waals surface area (Å²) in [7, 11) is -0.301. The largest absolute Gasteiger partial charge is 0.497 e. The monoisotopic (exact) mass is 285 g/mol. The SMILES string of the molecule is COc1ccc(N(C)S(=O)(=O)N2CCNCC2)cc1. The van der Waals surface area contributed by atoms with Crippen LogP contribution in [0.3, 0.4) is 0 Å². The molecule has 1 N–H and O–H groups in total. The van der Waals surface area contributed by atoms with E-state index in [0.717, 1.165) is 0 Å². The lowest BCUT2D eigenvalue weighted by Crippen LogP contribution is -2.51. The molecule has 0 unspecified atom stereocenters. The van der Waals surface area contributed by atoms with Gasteiger partial charge in [-0.05, 0) is 24.3 Å². The lowest BCUT2D eigenvalue weighted by molar-refractivity contribution is 0.359. The van der Waals surface area contributed by atoms with Crippen LogP contribution in [0.1, 0.15) is 0 Å². The van der Waals surface area contributed by atoms with Crippen LogP contribution in [-0.4, -0.2) is 53.1 Å². The Hall–Kier alpha value is -1.31. The van der Waals surface area contributed by atoms with Gasteiger partial charge in [-0.2, -0.15) is 12.7 Å². The molecule has 1 fully saturated rings. The van der Waals surface area contributed by atoms with Gasteiger partial charge in [0.15, 0.2) is 0 Å². The van der Waals surface area contributed by atoms with Crippen LogP contribution in [0.25, 0.3) is 0 Å². The number of hydrogen-bond acceptors (Lipinski definition) is 4. The Kier molecular flexibility index (Phi) is 4.28. The molecule has 0 bridgehead atoms. The maximum Gasteiger partial charge on any atom is 0.303 e. The van der Waals surface area contributed by atoms with Crippen molar-refractivity contribution in [3.63, 3.8) is 0 Å². The number of anilines is 1. The molecule has 0 radical (unpaired) electrons. The highest BCUT2D eigenvalue weighted by molar-refractivity contribution is 7.90. The average molecular weight is 285 g/mol. The van der Waals surface area contributed by atoms with E-state index in [-0.39, 0.29) is 0 Å². The van der Waals surface area contributed by atoms with Crippen LogP contribution >= 0.6 is 0 Å². The minimum atomic E-state index is -3.45. The third-order valence-electron chi connectivity index (χ3n) is 3.18. The van der Waals surface area contributed by atoms with Crippen LogP contribution < -0.4 is 14.4 Å².